The van der Waals surface area contributed by atoms with Crippen LogP contribution in [0, 0.1) is 0 Å². The highest BCUT2D eigenvalue weighted by Gasteiger charge is 2.23. The van der Waals surface area contributed by atoms with Gasteiger partial charge in [0.15, 0.2) is 12.6 Å². The Morgan fingerprint density at radius 3 is 1.55 bits per heavy atom. The molecule has 0 aromatic heterocycles. The molecule has 0 radical (unpaired) electrons. The number of hydrogen-bond donors (Lipinski definition) is 0. The normalized spacial score (nSPS) is 29.5. The van der Waals surface area contributed by atoms with Gasteiger partial charge in [0, 0.05) is 27.1 Å². The van der Waals surface area contributed by atoms with E-state index in [1.807, 2.05) is 13.8 Å². The molecule has 1 saturated heterocycles. The van der Waals surface area contributed by atoms with E-state index in [2.05, 4.69) is 0 Å². The fraction of sp³-hybridized carbons (Fsp3) is 1.00. The second-order valence-corrected chi connectivity index (χ2v) is 2.04. The van der Waals surface area contributed by atoms with Crippen molar-refractivity contribution < 1.29 is 14.2 Å². The van der Waals surface area contributed by atoms with Gasteiger partial charge in [-0.15, -0.1) is 0 Å². The molecule has 0 amide bonds. The van der Waals surface area contributed by atoms with Gasteiger partial charge in [0.25, 0.3) is 0 Å². The van der Waals surface area contributed by atoms with Crippen molar-refractivity contribution in [3.63, 3.8) is 0 Å². The predicted octanol–water partition coefficient (Wildman–Crippen LogP) is 1.77. The van der Waals surface area contributed by atoms with Crippen molar-refractivity contribution >= 4 is 0 Å². The molecule has 3 heteroatoms. The Balaban J connectivity index is 0.000000461. The third-order valence-corrected chi connectivity index (χ3v) is 1.47. The summed E-state index contributed by atoms with van der Waals surface area (Å²) in [6.45, 7) is 4.00. The topological polar surface area (TPSA) is 27.7 Å². The van der Waals surface area contributed by atoms with E-state index >= 15 is 0 Å². The molecule has 0 aromatic carbocycles. The molecular formula is C8H18O3. The summed E-state index contributed by atoms with van der Waals surface area (Å²) < 4.78 is 15.1. The Labute approximate surface area is 68.6 Å². The quantitative estimate of drug-likeness (QED) is 0.619. The van der Waals surface area contributed by atoms with E-state index in [9.17, 15) is 0 Å². The van der Waals surface area contributed by atoms with Crippen molar-refractivity contribution in [3.05, 3.63) is 0 Å². The summed E-state index contributed by atoms with van der Waals surface area (Å²) in [4.78, 5) is 0. The van der Waals surface area contributed by atoms with Crippen LogP contribution in [0.4, 0.5) is 0 Å². The van der Waals surface area contributed by atoms with Gasteiger partial charge in [-0.2, -0.15) is 0 Å². The Morgan fingerprint density at radius 1 is 1.00 bits per heavy atom. The summed E-state index contributed by atoms with van der Waals surface area (Å²) in [7, 11) is 3.28. The number of hydrogen-bond acceptors (Lipinski definition) is 3. The van der Waals surface area contributed by atoms with E-state index in [4.69, 9.17) is 14.2 Å². The smallest absolute Gasteiger partial charge is 0.160 e. The number of rotatable bonds is 2. The molecule has 1 aliphatic rings. The average Bonchev–Trinajstić information content (AvgIpc) is 2.55. The largest absolute Gasteiger partial charge is 0.356 e. The minimum Gasteiger partial charge on any atom is -0.356 e. The highest BCUT2D eigenvalue weighted by atomic mass is 16.8. The van der Waals surface area contributed by atoms with Crippen molar-refractivity contribution in [3.8, 4) is 0 Å². The third-order valence-electron chi connectivity index (χ3n) is 1.47. The summed E-state index contributed by atoms with van der Waals surface area (Å²) in [5.74, 6) is 0. The molecule has 1 rings (SSSR count). The molecule has 68 valence electrons. The van der Waals surface area contributed by atoms with Gasteiger partial charge < -0.3 is 14.2 Å². The van der Waals surface area contributed by atoms with Gasteiger partial charge >= 0.3 is 0 Å². The van der Waals surface area contributed by atoms with Crippen LogP contribution in [-0.2, 0) is 14.2 Å². The van der Waals surface area contributed by atoms with Crippen LogP contribution in [0.15, 0.2) is 0 Å². The molecule has 2 unspecified atom stereocenters. The molecular weight excluding hydrogens is 144 g/mol. The average molecular weight is 162 g/mol. The van der Waals surface area contributed by atoms with E-state index in [1.54, 1.807) is 14.2 Å². The first-order valence-electron chi connectivity index (χ1n) is 4.08. The van der Waals surface area contributed by atoms with Crippen LogP contribution in [-0.4, -0.2) is 26.8 Å². The lowest BCUT2D eigenvalue weighted by Gasteiger charge is -2.09. The van der Waals surface area contributed by atoms with Crippen molar-refractivity contribution in [2.45, 2.75) is 39.3 Å². The Morgan fingerprint density at radius 2 is 1.36 bits per heavy atom. The highest BCUT2D eigenvalue weighted by Crippen LogP contribution is 2.19. The summed E-state index contributed by atoms with van der Waals surface area (Å²) in [6, 6.07) is 0. The van der Waals surface area contributed by atoms with Crippen LogP contribution in [0.25, 0.3) is 0 Å². The Bertz CT molecular complexity index is 75.4. The van der Waals surface area contributed by atoms with Gasteiger partial charge in [-0.3, -0.25) is 0 Å². The standard InChI is InChI=1S/C6H12O3.C2H6/c1-7-5-3-4-6(8-2)9-5;1-2/h5-6H,3-4H2,1-2H3;1-2H3. The number of methoxy groups -OCH3 is 2. The van der Waals surface area contributed by atoms with Crippen LogP contribution < -0.4 is 0 Å². The first-order valence-corrected chi connectivity index (χ1v) is 4.08. The molecule has 0 bridgehead atoms. The summed E-state index contributed by atoms with van der Waals surface area (Å²) in [6.07, 6.45) is 1.79. The van der Waals surface area contributed by atoms with Gasteiger partial charge in [0.2, 0.25) is 0 Å². The maximum Gasteiger partial charge on any atom is 0.160 e. The molecule has 11 heavy (non-hydrogen) atoms. The Kier molecular flexibility index (Phi) is 6.51. The first kappa shape index (κ1) is 10.9. The zero-order valence-corrected chi connectivity index (χ0v) is 7.79. The number of ether oxygens (including phenoxy) is 3. The van der Waals surface area contributed by atoms with Crippen LogP contribution in [0.1, 0.15) is 26.7 Å². The van der Waals surface area contributed by atoms with Gasteiger partial charge in [-0.05, 0) is 0 Å². The second-order valence-electron chi connectivity index (χ2n) is 2.04. The van der Waals surface area contributed by atoms with Crippen LogP contribution in [0.5, 0.6) is 0 Å². The molecule has 0 saturated carbocycles. The summed E-state index contributed by atoms with van der Waals surface area (Å²) >= 11 is 0. The minimum absolute atomic E-state index is 0.0463. The minimum atomic E-state index is -0.0463. The first-order chi connectivity index (χ1) is 5.36. The van der Waals surface area contributed by atoms with Crippen LogP contribution in [0.2, 0.25) is 0 Å². The van der Waals surface area contributed by atoms with E-state index in [0.29, 0.717) is 0 Å². The lowest BCUT2D eigenvalue weighted by atomic mass is 10.3. The molecule has 3 nitrogen and oxygen atoms in total. The summed E-state index contributed by atoms with van der Waals surface area (Å²) in [5, 5.41) is 0. The molecule has 1 aliphatic heterocycles. The van der Waals surface area contributed by atoms with E-state index in [-0.39, 0.29) is 12.6 Å². The van der Waals surface area contributed by atoms with Gasteiger partial charge in [0.05, 0.1) is 0 Å². The maximum atomic E-state index is 5.22. The zero-order chi connectivity index (χ0) is 8.69. The van der Waals surface area contributed by atoms with Crippen molar-refractivity contribution in [2.24, 2.45) is 0 Å². The van der Waals surface area contributed by atoms with E-state index in [1.165, 1.54) is 0 Å². The molecule has 0 N–H and O–H groups in total. The van der Waals surface area contributed by atoms with Crippen molar-refractivity contribution in [1.82, 2.24) is 0 Å². The third kappa shape index (κ3) is 3.70. The fourth-order valence-corrected chi connectivity index (χ4v) is 0.924. The molecule has 1 fully saturated rings. The second kappa shape index (κ2) is 6.58. The zero-order valence-electron chi connectivity index (χ0n) is 7.79. The van der Waals surface area contributed by atoms with Crippen LogP contribution >= 0.6 is 0 Å². The highest BCUT2D eigenvalue weighted by molar-refractivity contribution is 4.58. The van der Waals surface area contributed by atoms with Crippen molar-refractivity contribution in [2.75, 3.05) is 14.2 Å². The lowest BCUT2D eigenvalue weighted by molar-refractivity contribution is -0.185. The molecule has 0 aromatic rings. The van der Waals surface area contributed by atoms with Gasteiger partial charge in [-0.1, -0.05) is 13.8 Å². The lowest BCUT2D eigenvalue weighted by Crippen LogP contribution is -2.13. The SMILES string of the molecule is CC.COC1CCC(OC)O1. The molecule has 1 heterocycles. The molecule has 2 atom stereocenters. The molecule has 0 aliphatic carbocycles. The van der Waals surface area contributed by atoms with Gasteiger partial charge in [0.1, 0.15) is 0 Å². The monoisotopic (exact) mass is 162 g/mol. The van der Waals surface area contributed by atoms with E-state index in [0.717, 1.165) is 12.8 Å². The summed E-state index contributed by atoms with van der Waals surface area (Å²) in [5.41, 5.74) is 0. The van der Waals surface area contributed by atoms with E-state index < -0.39 is 0 Å². The Hall–Kier alpha value is -0.120. The van der Waals surface area contributed by atoms with Gasteiger partial charge in [-0.25, -0.2) is 0 Å². The predicted molar refractivity (Wildman–Crippen MR) is 43.3 cm³/mol. The van der Waals surface area contributed by atoms with Crippen molar-refractivity contribution in [1.29, 1.82) is 0 Å². The fourth-order valence-electron chi connectivity index (χ4n) is 0.924. The van der Waals surface area contributed by atoms with Crippen LogP contribution in [0.3, 0.4) is 0 Å². The molecule has 0 spiro atoms. The maximum absolute atomic E-state index is 5.22.